The Morgan fingerprint density at radius 2 is 1.94 bits per heavy atom. The molecular formula is C13H13N3S. The number of hydrogen-bond acceptors (Lipinski definition) is 3. The molecule has 0 spiro atoms. The van der Waals surface area contributed by atoms with E-state index in [2.05, 4.69) is 4.98 Å². The second-order valence-corrected chi connectivity index (χ2v) is 4.73. The highest BCUT2D eigenvalue weighted by molar-refractivity contribution is 7.99. The van der Waals surface area contributed by atoms with Gasteiger partial charge >= 0.3 is 0 Å². The van der Waals surface area contributed by atoms with Crippen LogP contribution in [0.4, 0.5) is 0 Å². The van der Waals surface area contributed by atoms with Crippen LogP contribution < -0.4 is 5.73 Å². The molecule has 1 heterocycles. The molecule has 0 aliphatic rings. The molecule has 3 nitrogen and oxygen atoms in total. The van der Waals surface area contributed by atoms with E-state index in [0.29, 0.717) is 0 Å². The van der Waals surface area contributed by atoms with Crippen LogP contribution in [0.1, 0.15) is 11.1 Å². The van der Waals surface area contributed by atoms with Gasteiger partial charge in [-0.1, -0.05) is 30.0 Å². The van der Waals surface area contributed by atoms with E-state index in [0.717, 1.165) is 20.9 Å². The molecular weight excluding hydrogens is 230 g/mol. The second kappa shape index (κ2) is 5.01. The number of nitrogens with two attached hydrogens (primary N) is 1. The summed E-state index contributed by atoms with van der Waals surface area (Å²) >= 11 is 1.61. The lowest BCUT2D eigenvalue weighted by Gasteiger charge is -2.10. The molecule has 0 atom stereocenters. The van der Waals surface area contributed by atoms with Gasteiger partial charge in [-0.15, -0.1) is 0 Å². The zero-order valence-corrected chi connectivity index (χ0v) is 10.3. The summed E-state index contributed by atoms with van der Waals surface area (Å²) < 4.78 is 0. The van der Waals surface area contributed by atoms with Crippen LogP contribution in [0.3, 0.4) is 0 Å². The first kappa shape index (κ1) is 11.7. The summed E-state index contributed by atoms with van der Waals surface area (Å²) in [5, 5.41) is 7.59. The van der Waals surface area contributed by atoms with Gasteiger partial charge in [0, 0.05) is 27.7 Å². The van der Waals surface area contributed by atoms with E-state index < -0.39 is 0 Å². The van der Waals surface area contributed by atoms with E-state index in [1.54, 1.807) is 24.2 Å². The van der Waals surface area contributed by atoms with Gasteiger partial charge in [0.1, 0.15) is 5.84 Å². The second-order valence-electron chi connectivity index (χ2n) is 3.65. The van der Waals surface area contributed by atoms with Gasteiger partial charge in [-0.25, -0.2) is 0 Å². The maximum Gasteiger partial charge on any atom is 0.123 e. The lowest BCUT2D eigenvalue weighted by Crippen LogP contribution is -2.12. The van der Waals surface area contributed by atoms with Crippen LogP contribution >= 0.6 is 11.8 Å². The molecule has 0 fully saturated rings. The monoisotopic (exact) mass is 243 g/mol. The largest absolute Gasteiger partial charge is 0.384 e. The van der Waals surface area contributed by atoms with E-state index in [4.69, 9.17) is 11.1 Å². The van der Waals surface area contributed by atoms with Gasteiger partial charge in [-0.05, 0) is 24.6 Å². The Labute approximate surface area is 105 Å². The highest BCUT2D eigenvalue weighted by Gasteiger charge is 2.09. The van der Waals surface area contributed by atoms with Crippen molar-refractivity contribution >= 4 is 17.6 Å². The Hall–Kier alpha value is -1.81. The van der Waals surface area contributed by atoms with Crippen LogP contribution in [-0.4, -0.2) is 10.8 Å². The topological polar surface area (TPSA) is 62.8 Å². The summed E-state index contributed by atoms with van der Waals surface area (Å²) in [5.74, 6) is 0.102. The normalized spacial score (nSPS) is 10.2. The van der Waals surface area contributed by atoms with Gasteiger partial charge in [-0.2, -0.15) is 0 Å². The predicted octanol–water partition coefficient (Wildman–Crippen LogP) is 2.83. The Balaban J connectivity index is 2.41. The van der Waals surface area contributed by atoms with Crippen LogP contribution in [0.2, 0.25) is 0 Å². The van der Waals surface area contributed by atoms with Crippen LogP contribution in [0, 0.1) is 12.3 Å². The molecule has 3 N–H and O–H groups in total. The predicted molar refractivity (Wildman–Crippen MR) is 70.6 cm³/mol. The van der Waals surface area contributed by atoms with Crippen LogP contribution in [0.15, 0.2) is 52.5 Å². The quantitative estimate of drug-likeness (QED) is 0.643. The molecule has 0 saturated heterocycles. The molecule has 0 radical (unpaired) electrons. The minimum absolute atomic E-state index is 0.102. The van der Waals surface area contributed by atoms with Crippen LogP contribution in [-0.2, 0) is 0 Å². The van der Waals surface area contributed by atoms with Crippen molar-refractivity contribution in [3.05, 3.63) is 53.9 Å². The Morgan fingerprint density at radius 1 is 1.24 bits per heavy atom. The molecule has 0 aliphatic heterocycles. The molecule has 1 aromatic heterocycles. The molecule has 2 rings (SSSR count). The third-order valence-electron chi connectivity index (χ3n) is 2.37. The number of nitrogens with zero attached hydrogens (tertiary/aromatic N) is 1. The average Bonchev–Trinajstić information content (AvgIpc) is 2.33. The van der Waals surface area contributed by atoms with Gasteiger partial charge in [-0.3, -0.25) is 10.4 Å². The Kier molecular flexibility index (Phi) is 3.44. The zero-order valence-electron chi connectivity index (χ0n) is 9.47. The number of aromatic nitrogens is 1. The first-order chi connectivity index (χ1) is 8.18. The van der Waals surface area contributed by atoms with Gasteiger partial charge < -0.3 is 5.73 Å². The summed E-state index contributed by atoms with van der Waals surface area (Å²) in [7, 11) is 0. The first-order valence-corrected chi connectivity index (χ1v) is 6.02. The molecule has 0 bridgehead atoms. The van der Waals surface area contributed by atoms with Gasteiger partial charge in [0.05, 0.1) is 0 Å². The Morgan fingerprint density at radius 3 is 2.59 bits per heavy atom. The molecule has 0 unspecified atom stereocenters. The van der Waals surface area contributed by atoms with Crippen LogP contribution in [0.5, 0.6) is 0 Å². The maximum atomic E-state index is 7.59. The number of benzene rings is 1. The standard InChI is InChI=1S/C13H13N3S/c1-9-3-2-4-11(13(14)15)12(9)17-10-5-7-16-8-6-10/h2-8H,1H3,(H3,14,15). The summed E-state index contributed by atoms with van der Waals surface area (Å²) in [6.45, 7) is 2.02. The molecule has 0 saturated carbocycles. The summed E-state index contributed by atoms with van der Waals surface area (Å²) in [6.07, 6.45) is 3.52. The average molecular weight is 243 g/mol. The van der Waals surface area contributed by atoms with Crippen molar-refractivity contribution in [2.45, 2.75) is 16.7 Å². The van der Waals surface area contributed by atoms with E-state index >= 15 is 0 Å². The number of rotatable bonds is 3. The number of pyridine rings is 1. The summed E-state index contributed by atoms with van der Waals surface area (Å²) in [5.41, 5.74) is 7.50. The fourth-order valence-corrected chi connectivity index (χ4v) is 2.53. The number of aryl methyl sites for hydroxylation is 1. The number of nitrogen functional groups attached to an aromatic ring is 1. The van der Waals surface area contributed by atoms with Gasteiger partial charge in [0.15, 0.2) is 0 Å². The van der Waals surface area contributed by atoms with Crippen molar-refractivity contribution < 1.29 is 0 Å². The van der Waals surface area contributed by atoms with E-state index in [1.807, 2.05) is 37.3 Å². The highest BCUT2D eigenvalue weighted by Crippen LogP contribution is 2.32. The first-order valence-electron chi connectivity index (χ1n) is 5.20. The van der Waals surface area contributed by atoms with Gasteiger partial charge in [0.2, 0.25) is 0 Å². The molecule has 1 aromatic carbocycles. The molecule has 2 aromatic rings. The molecule has 86 valence electrons. The van der Waals surface area contributed by atoms with Crippen molar-refractivity contribution in [2.75, 3.05) is 0 Å². The van der Waals surface area contributed by atoms with Crippen molar-refractivity contribution in [1.29, 1.82) is 5.41 Å². The Bertz CT molecular complexity index is 538. The fraction of sp³-hybridized carbons (Fsp3) is 0.0769. The van der Waals surface area contributed by atoms with Crippen LogP contribution in [0.25, 0.3) is 0 Å². The minimum Gasteiger partial charge on any atom is -0.384 e. The lowest BCUT2D eigenvalue weighted by atomic mass is 10.1. The summed E-state index contributed by atoms with van der Waals surface area (Å²) in [6, 6.07) is 9.71. The number of nitrogens with one attached hydrogen (secondary N) is 1. The van der Waals surface area contributed by atoms with Crippen molar-refractivity contribution in [1.82, 2.24) is 4.98 Å². The van der Waals surface area contributed by atoms with Crippen molar-refractivity contribution in [2.24, 2.45) is 5.73 Å². The molecule has 0 amide bonds. The third kappa shape index (κ3) is 2.65. The fourth-order valence-electron chi connectivity index (χ4n) is 1.52. The SMILES string of the molecule is Cc1cccc(C(=N)N)c1Sc1ccncc1. The number of amidine groups is 1. The van der Waals surface area contributed by atoms with E-state index in [-0.39, 0.29) is 5.84 Å². The maximum absolute atomic E-state index is 7.59. The third-order valence-corrected chi connectivity index (χ3v) is 3.63. The smallest absolute Gasteiger partial charge is 0.123 e. The van der Waals surface area contributed by atoms with Crippen molar-refractivity contribution in [3.63, 3.8) is 0 Å². The molecule has 17 heavy (non-hydrogen) atoms. The van der Waals surface area contributed by atoms with E-state index in [1.165, 1.54) is 0 Å². The lowest BCUT2D eigenvalue weighted by molar-refractivity contribution is 1.23. The highest BCUT2D eigenvalue weighted by atomic mass is 32.2. The molecule has 0 aliphatic carbocycles. The zero-order chi connectivity index (χ0) is 12.3. The van der Waals surface area contributed by atoms with Crippen molar-refractivity contribution in [3.8, 4) is 0 Å². The minimum atomic E-state index is 0.102. The van der Waals surface area contributed by atoms with Gasteiger partial charge in [0.25, 0.3) is 0 Å². The summed E-state index contributed by atoms with van der Waals surface area (Å²) in [4.78, 5) is 6.11. The molecule has 4 heteroatoms. The number of hydrogen-bond donors (Lipinski definition) is 2. The van der Waals surface area contributed by atoms with E-state index in [9.17, 15) is 0 Å².